The summed E-state index contributed by atoms with van der Waals surface area (Å²) in [5.41, 5.74) is 1.14. The summed E-state index contributed by atoms with van der Waals surface area (Å²) in [6.45, 7) is 5.10. The molecule has 0 aromatic heterocycles. The number of carbonyl (C=O) groups excluding carboxylic acids is 1. The van der Waals surface area contributed by atoms with Crippen LogP contribution in [0.25, 0.3) is 0 Å². The van der Waals surface area contributed by atoms with E-state index in [2.05, 4.69) is 10.6 Å². The largest absolute Gasteiger partial charge is 0.492 e. The quantitative estimate of drug-likeness (QED) is 0.636. The fourth-order valence-corrected chi connectivity index (χ4v) is 1.75. The van der Waals surface area contributed by atoms with Crippen LogP contribution >= 0.6 is 0 Å². The third kappa shape index (κ3) is 6.99. The van der Waals surface area contributed by atoms with E-state index >= 15 is 0 Å². The summed E-state index contributed by atoms with van der Waals surface area (Å²) in [5, 5.41) is 14.8. The molecule has 2 amide bonds. The lowest BCUT2D eigenvalue weighted by Crippen LogP contribution is -2.41. The molecule has 0 aliphatic carbocycles. The van der Waals surface area contributed by atoms with Crippen LogP contribution in [0.5, 0.6) is 5.75 Å². The second-order valence-corrected chi connectivity index (χ2v) is 4.74. The Hall–Kier alpha value is -1.75. The Bertz CT molecular complexity index is 410. The average Bonchev–Trinajstić information content (AvgIpc) is 2.42. The van der Waals surface area contributed by atoms with Crippen molar-refractivity contribution in [3.63, 3.8) is 0 Å². The number of amides is 2. The molecule has 0 bridgehead atoms. The minimum atomic E-state index is -0.478. The zero-order chi connectivity index (χ0) is 14.8. The number of hydrogen-bond donors (Lipinski definition) is 3. The van der Waals surface area contributed by atoms with Gasteiger partial charge < -0.3 is 20.5 Å². The maximum atomic E-state index is 11.4. The molecule has 3 N–H and O–H groups in total. The molecule has 0 heterocycles. The number of aliphatic hydroxyl groups excluding tert-OH is 1. The number of ether oxygens (including phenoxy) is 1. The van der Waals surface area contributed by atoms with E-state index in [1.54, 1.807) is 0 Å². The van der Waals surface area contributed by atoms with Gasteiger partial charge in [-0.15, -0.1) is 0 Å². The molecule has 1 unspecified atom stereocenters. The van der Waals surface area contributed by atoms with Gasteiger partial charge in [0.15, 0.2) is 0 Å². The smallest absolute Gasteiger partial charge is 0.315 e. The molecule has 0 radical (unpaired) electrons. The van der Waals surface area contributed by atoms with Crippen molar-refractivity contribution in [3.05, 3.63) is 29.8 Å². The summed E-state index contributed by atoms with van der Waals surface area (Å²) in [5.74, 6) is 0.797. The van der Waals surface area contributed by atoms with Gasteiger partial charge in [0.25, 0.3) is 0 Å². The highest BCUT2D eigenvalue weighted by Gasteiger charge is 2.05. The van der Waals surface area contributed by atoms with Crippen molar-refractivity contribution in [2.45, 2.75) is 32.8 Å². The highest BCUT2D eigenvalue weighted by Crippen LogP contribution is 2.11. The number of aryl methyl sites for hydroxylation is 1. The molecule has 1 rings (SSSR count). The molecule has 0 aliphatic rings. The molecule has 0 aliphatic heterocycles. The number of urea groups is 1. The fraction of sp³-hybridized carbons (Fsp3) is 0.533. The van der Waals surface area contributed by atoms with Crippen molar-refractivity contribution >= 4 is 6.03 Å². The third-order valence-corrected chi connectivity index (χ3v) is 2.77. The Morgan fingerprint density at radius 3 is 2.90 bits per heavy atom. The summed E-state index contributed by atoms with van der Waals surface area (Å²) < 4.78 is 5.51. The molecule has 1 aromatic rings. The van der Waals surface area contributed by atoms with Crippen LogP contribution in [0.1, 0.15) is 25.3 Å². The number of nitrogens with one attached hydrogen (secondary N) is 2. The van der Waals surface area contributed by atoms with Gasteiger partial charge in [0.05, 0.1) is 12.6 Å². The standard InChI is InChI=1S/C15H24N2O3/c1-3-5-13(18)11-17-15(19)16-8-9-20-14-7-4-6-12(2)10-14/h4,6-7,10,13,18H,3,5,8-9,11H2,1-2H3,(H2,16,17,19). The summed E-state index contributed by atoms with van der Waals surface area (Å²) in [6.07, 6.45) is 1.11. The summed E-state index contributed by atoms with van der Waals surface area (Å²) in [6, 6.07) is 7.48. The Morgan fingerprint density at radius 2 is 2.20 bits per heavy atom. The van der Waals surface area contributed by atoms with Gasteiger partial charge in [-0.05, 0) is 31.0 Å². The predicted molar refractivity (Wildman–Crippen MR) is 79.0 cm³/mol. The Kier molecular flexibility index (Phi) is 7.50. The SMILES string of the molecule is CCCC(O)CNC(=O)NCCOc1cccc(C)c1. The molecule has 0 spiro atoms. The van der Waals surface area contributed by atoms with Gasteiger partial charge in [-0.25, -0.2) is 4.79 Å². The first-order valence-electron chi connectivity index (χ1n) is 7.01. The first-order valence-corrected chi connectivity index (χ1v) is 7.01. The van der Waals surface area contributed by atoms with Crippen LogP contribution in [0.4, 0.5) is 4.79 Å². The Labute approximate surface area is 120 Å². The molecule has 5 nitrogen and oxygen atoms in total. The Morgan fingerprint density at radius 1 is 1.40 bits per heavy atom. The van der Waals surface area contributed by atoms with E-state index in [1.165, 1.54) is 0 Å². The highest BCUT2D eigenvalue weighted by molar-refractivity contribution is 5.73. The number of carbonyl (C=O) groups is 1. The molecule has 1 atom stereocenters. The minimum Gasteiger partial charge on any atom is -0.492 e. The van der Waals surface area contributed by atoms with Gasteiger partial charge in [-0.3, -0.25) is 0 Å². The van der Waals surface area contributed by atoms with Crippen molar-refractivity contribution in [2.24, 2.45) is 0 Å². The van der Waals surface area contributed by atoms with E-state index in [0.29, 0.717) is 19.6 Å². The monoisotopic (exact) mass is 280 g/mol. The fourth-order valence-electron chi connectivity index (χ4n) is 1.75. The Balaban J connectivity index is 2.10. The van der Waals surface area contributed by atoms with Crippen LogP contribution in [-0.2, 0) is 0 Å². The van der Waals surface area contributed by atoms with Crippen LogP contribution < -0.4 is 15.4 Å². The summed E-state index contributed by atoms with van der Waals surface area (Å²) in [7, 11) is 0. The van der Waals surface area contributed by atoms with Gasteiger partial charge in [0, 0.05) is 6.54 Å². The maximum Gasteiger partial charge on any atom is 0.315 e. The molecule has 1 aromatic carbocycles. The lowest BCUT2D eigenvalue weighted by molar-refractivity contribution is 0.160. The number of hydrogen-bond acceptors (Lipinski definition) is 3. The number of benzene rings is 1. The predicted octanol–water partition coefficient (Wildman–Crippen LogP) is 1.83. The van der Waals surface area contributed by atoms with Crippen LogP contribution in [0, 0.1) is 6.92 Å². The third-order valence-electron chi connectivity index (χ3n) is 2.77. The second kappa shape index (κ2) is 9.20. The normalized spacial score (nSPS) is 11.8. The van der Waals surface area contributed by atoms with Crippen LogP contribution in [0.3, 0.4) is 0 Å². The second-order valence-electron chi connectivity index (χ2n) is 4.74. The van der Waals surface area contributed by atoms with Gasteiger partial charge in [-0.2, -0.15) is 0 Å². The van der Waals surface area contributed by atoms with Gasteiger partial charge in [-0.1, -0.05) is 25.5 Å². The first-order chi connectivity index (χ1) is 9.61. The van der Waals surface area contributed by atoms with Crippen molar-refractivity contribution < 1.29 is 14.6 Å². The van der Waals surface area contributed by atoms with Crippen LogP contribution in [0.15, 0.2) is 24.3 Å². The minimum absolute atomic E-state index is 0.276. The van der Waals surface area contributed by atoms with E-state index in [9.17, 15) is 9.90 Å². The van der Waals surface area contributed by atoms with E-state index in [1.807, 2.05) is 38.1 Å². The molecule has 0 saturated heterocycles. The van der Waals surface area contributed by atoms with E-state index in [0.717, 1.165) is 17.7 Å². The van der Waals surface area contributed by atoms with Gasteiger partial charge in [0.1, 0.15) is 12.4 Å². The zero-order valence-electron chi connectivity index (χ0n) is 12.2. The van der Waals surface area contributed by atoms with E-state index < -0.39 is 6.10 Å². The molecule has 112 valence electrons. The maximum absolute atomic E-state index is 11.4. The molecule has 0 fully saturated rings. The molecule has 0 saturated carbocycles. The van der Waals surface area contributed by atoms with Gasteiger partial charge in [0.2, 0.25) is 0 Å². The van der Waals surface area contributed by atoms with E-state index in [-0.39, 0.29) is 12.6 Å². The lowest BCUT2D eigenvalue weighted by atomic mass is 10.2. The lowest BCUT2D eigenvalue weighted by Gasteiger charge is -2.12. The van der Waals surface area contributed by atoms with Crippen molar-refractivity contribution in [2.75, 3.05) is 19.7 Å². The number of aliphatic hydroxyl groups is 1. The molecule has 20 heavy (non-hydrogen) atoms. The van der Waals surface area contributed by atoms with Crippen molar-refractivity contribution in [3.8, 4) is 5.75 Å². The van der Waals surface area contributed by atoms with Crippen molar-refractivity contribution in [1.29, 1.82) is 0 Å². The van der Waals surface area contributed by atoms with Crippen LogP contribution in [-0.4, -0.2) is 36.9 Å². The molecule has 5 heteroatoms. The summed E-state index contributed by atoms with van der Waals surface area (Å²) in [4.78, 5) is 11.4. The van der Waals surface area contributed by atoms with Crippen LogP contribution in [0.2, 0.25) is 0 Å². The molecular formula is C15H24N2O3. The average molecular weight is 280 g/mol. The van der Waals surface area contributed by atoms with Crippen molar-refractivity contribution in [1.82, 2.24) is 10.6 Å². The summed E-state index contributed by atoms with van der Waals surface area (Å²) >= 11 is 0. The number of rotatable bonds is 8. The van der Waals surface area contributed by atoms with E-state index in [4.69, 9.17) is 4.74 Å². The molecular weight excluding hydrogens is 256 g/mol. The highest BCUT2D eigenvalue weighted by atomic mass is 16.5. The topological polar surface area (TPSA) is 70.6 Å². The first kappa shape index (κ1) is 16.3. The zero-order valence-corrected chi connectivity index (χ0v) is 12.2. The van der Waals surface area contributed by atoms with Gasteiger partial charge >= 0.3 is 6.03 Å².